The van der Waals surface area contributed by atoms with Crippen molar-refractivity contribution in [2.75, 3.05) is 30.8 Å². The molecule has 1 fully saturated rings. The number of halogens is 3. The number of fused-ring (bicyclic) bond motifs is 3. The maximum atomic E-state index is 14.2. The lowest BCUT2D eigenvalue weighted by molar-refractivity contribution is 0.00320. The Bertz CT molecular complexity index is 1510. The van der Waals surface area contributed by atoms with Crippen molar-refractivity contribution < 1.29 is 23.1 Å². The Hall–Kier alpha value is -3.21. The topological polar surface area (TPSA) is 152 Å². The summed E-state index contributed by atoms with van der Waals surface area (Å²) in [5.74, 6) is -1.60. The largest absolute Gasteiger partial charge is 0.399 e. The monoisotopic (exact) mass is 641 g/mol. The number of nitrogens with two attached hydrogens (primary N) is 1. The van der Waals surface area contributed by atoms with E-state index >= 15 is 0 Å². The summed E-state index contributed by atoms with van der Waals surface area (Å²) >= 11 is 2.16. The van der Waals surface area contributed by atoms with Gasteiger partial charge in [0.15, 0.2) is 17.3 Å². The summed E-state index contributed by atoms with van der Waals surface area (Å²) in [6.07, 6.45) is 1.68. The first-order valence-corrected chi connectivity index (χ1v) is 13.2. The molecular weight excluding hydrogens is 615 g/mol. The minimum absolute atomic E-state index is 0.0541. The second kappa shape index (κ2) is 9.83. The SMILES string of the molecule is CN(C(=O)c1nnc(N2CC(C(C)(C)O)C2)o1)[C@@H](I)CCCc1nc2c3cc(F)cc(F)c3nc(N)n2n1. The Kier molecular flexibility index (Phi) is 6.83. The Morgan fingerprint density at radius 2 is 2.05 bits per heavy atom. The normalized spacial score (nSPS) is 15.3. The van der Waals surface area contributed by atoms with E-state index in [0.717, 1.165) is 12.1 Å². The number of aryl methyl sites for hydroxylation is 1. The summed E-state index contributed by atoms with van der Waals surface area (Å²) in [6.45, 7) is 4.66. The number of anilines is 2. The predicted octanol–water partition coefficient (Wildman–Crippen LogP) is 2.58. The van der Waals surface area contributed by atoms with Crippen LogP contribution < -0.4 is 10.6 Å². The number of amides is 1. The van der Waals surface area contributed by atoms with Crippen LogP contribution in [0, 0.1) is 17.6 Å². The highest BCUT2D eigenvalue weighted by molar-refractivity contribution is 14.1. The van der Waals surface area contributed by atoms with Crippen LogP contribution in [0.15, 0.2) is 16.5 Å². The van der Waals surface area contributed by atoms with Gasteiger partial charge in [0, 0.05) is 38.5 Å². The molecule has 1 aliphatic rings. The second-order valence-electron chi connectivity index (χ2n) is 9.91. The summed E-state index contributed by atoms with van der Waals surface area (Å²) in [5.41, 5.74) is 5.27. The fourth-order valence-corrected chi connectivity index (χ4v) is 4.91. The maximum absolute atomic E-state index is 14.2. The van der Waals surface area contributed by atoms with Gasteiger partial charge in [0.05, 0.1) is 15.0 Å². The molecule has 0 radical (unpaired) electrons. The Morgan fingerprint density at radius 1 is 1.32 bits per heavy atom. The van der Waals surface area contributed by atoms with Gasteiger partial charge in [0.1, 0.15) is 11.3 Å². The first-order valence-electron chi connectivity index (χ1n) is 11.9. The third kappa shape index (κ3) is 4.95. The van der Waals surface area contributed by atoms with E-state index in [2.05, 4.69) is 47.9 Å². The molecule has 0 spiro atoms. The molecule has 1 atom stereocenters. The first kappa shape index (κ1) is 26.4. The molecule has 38 heavy (non-hydrogen) atoms. The summed E-state index contributed by atoms with van der Waals surface area (Å²) in [4.78, 5) is 24.6. The molecule has 0 aliphatic carbocycles. The second-order valence-corrected chi connectivity index (χ2v) is 11.3. The molecule has 3 aromatic heterocycles. The molecule has 4 heterocycles. The van der Waals surface area contributed by atoms with Crippen LogP contribution in [0.4, 0.5) is 20.7 Å². The quantitative estimate of drug-likeness (QED) is 0.167. The number of nitrogens with zero attached hydrogens (tertiary/aromatic N) is 8. The molecule has 1 saturated heterocycles. The van der Waals surface area contributed by atoms with Gasteiger partial charge < -0.3 is 25.1 Å². The average molecular weight is 641 g/mol. The number of alkyl halides is 1. The van der Waals surface area contributed by atoms with Crippen LogP contribution in [-0.2, 0) is 6.42 Å². The number of nitrogen functional groups attached to an aromatic ring is 1. The van der Waals surface area contributed by atoms with Crippen molar-refractivity contribution in [3.05, 3.63) is 35.5 Å². The third-order valence-electron chi connectivity index (χ3n) is 6.70. The van der Waals surface area contributed by atoms with Gasteiger partial charge in [0.25, 0.3) is 0 Å². The number of carbonyl (C=O) groups is 1. The van der Waals surface area contributed by atoms with Gasteiger partial charge in [-0.1, -0.05) is 27.7 Å². The molecule has 0 saturated carbocycles. The van der Waals surface area contributed by atoms with Crippen LogP contribution in [-0.4, -0.2) is 75.5 Å². The fourth-order valence-electron chi connectivity index (χ4n) is 4.22. The molecular formula is C23H26F2IN9O3. The van der Waals surface area contributed by atoms with Crippen molar-refractivity contribution in [3.8, 4) is 0 Å². The van der Waals surface area contributed by atoms with E-state index in [1.165, 1.54) is 9.42 Å². The van der Waals surface area contributed by atoms with E-state index in [4.69, 9.17) is 10.2 Å². The number of aromatic nitrogens is 6. The molecule has 3 N–H and O–H groups in total. The van der Waals surface area contributed by atoms with Gasteiger partial charge in [-0.25, -0.2) is 18.7 Å². The highest BCUT2D eigenvalue weighted by atomic mass is 127. The van der Waals surface area contributed by atoms with Gasteiger partial charge >= 0.3 is 17.8 Å². The molecule has 0 bridgehead atoms. The van der Waals surface area contributed by atoms with Crippen LogP contribution in [0.25, 0.3) is 16.6 Å². The minimum atomic E-state index is -0.823. The molecule has 1 amide bonds. The molecule has 202 valence electrons. The van der Waals surface area contributed by atoms with Gasteiger partial charge in [0.2, 0.25) is 5.95 Å². The molecule has 4 aromatic rings. The number of hydrogen-bond acceptors (Lipinski definition) is 10. The Labute approximate surface area is 229 Å². The van der Waals surface area contributed by atoms with Crippen molar-refractivity contribution in [3.63, 3.8) is 0 Å². The lowest BCUT2D eigenvalue weighted by Gasteiger charge is -2.44. The van der Waals surface area contributed by atoms with Crippen molar-refractivity contribution in [2.24, 2.45) is 5.92 Å². The van der Waals surface area contributed by atoms with Crippen LogP contribution in [0.1, 0.15) is 43.2 Å². The van der Waals surface area contributed by atoms with E-state index in [0.29, 0.717) is 38.2 Å². The van der Waals surface area contributed by atoms with E-state index in [1.54, 1.807) is 20.9 Å². The van der Waals surface area contributed by atoms with Gasteiger partial charge in [-0.2, -0.15) is 4.52 Å². The molecule has 5 rings (SSSR count). The van der Waals surface area contributed by atoms with Crippen LogP contribution in [0.2, 0.25) is 0 Å². The lowest BCUT2D eigenvalue weighted by atomic mass is 9.85. The number of aliphatic hydroxyl groups is 1. The Balaban J connectivity index is 1.19. The molecule has 1 aromatic carbocycles. The van der Waals surface area contributed by atoms with Gasteiger partial charge in [-0.3, -0.25) is 4.79 Å². The summed E-state index contributed by atoms with van der Waals surface area (Å²) in [6, 6.07) is 2.15. The van der Waals surface area contributed by atoms with Crippen LogP contribution in [0.3, 0.4) is 0 Å². The number of rotatable bonds is 8. The van der Waals surface area contributed by atoms with Crippen molar-refractivity contribution >= 4 is 57.0 Å². The first-order chi connectivity index (χ1) is 17.9. The average Bonchev–Trinajstić information content (AvgIpc) is 3.45. The smallest absolute Gasteiger partial charge is 0.318 e. The maximum Gasteiger partial charge on any atom is 0.318 e. The van der Waals surface area contributed by atoms with Gasteiger partial charge in [-0.15, -0.1) is 10.2 Å². The minimum Gasteiger partial charge on any atom is -0.399 e. The third-order valence-corrected chi connectivity index (χ3v) is 8.15. The zero-order valence-corrected chi connectivity index (χ0v) is 23.1. The summed E-state index contributed by atoms with van der Waals surface area (Å²) in [5, 5.41) is 22.5. The summed E-state index contributed by atoms with van der Waals surface area (Å²) < 4.78 is 34.6. The highest BCUT2D eigenvalue weighted by Crippen LogP contribution is 2.31. The number of hydrogen-bond donors (Lipinski definition) is 2. The molecule has 0 unspecified atom stereocenters. The summed E-state index contributed by atoms with van der Waals surface area (Å²) in [7, 11) is 1.65. The van der Waals surface area contributed by atoms with Crippen LogP contribution >= 0.6 is 22.6 Å². The fraction of sp³-hybridized carbons (Fsp3) is 0.478. The number of carbonyl (C=O) groups excluding carboxylic acids is 1. The Morgan fingerprint density at radius 3 is 2.76 bits per heavy atom. The zero-order chi connectivity index (χ0) is 27.4. The van der Waals surface area contributed by atoms with E-state index < -0.39 is 23.1 Å². The molecule has 15 heteroatoms. The standard InChI is InChI=1S/C23H26F2IN9O3/c1-23(2,37)11-9-34(10-11)22-31-30-19(38-22)20(36)33(3)15(26)5-4-6-16-28-18-13-7-12(24)8-14(25)17(13)29-21(27)35(18)32-16/h7-8,11,15,37H,4-6,9-10H2,1-3H3,(H2,27,29)/t15-/m1/s1. The predicted molar refractivity (Wildman–Crippen MR) is 142 cm³/mol. The van der Waals surface area contributed by atoms with Crippen molar-refractivity contribution in [1.29, 1.82) is 0 Å². The zero-order valence-electron chi connectivity index (χ0n) is 20.9. The lowest BCUT2D eigenvalue weighted by Crippen LogP contribution is -2.56. The molecule has 12 nitrogen and oxygen atoms in total. The van der Waals surface area contributed by atoms with E-state index in [9.17, 15) is 18.7 Å². The number of benzene rings is 1. The van der Waals surface area contributed by atoms with Crippen LogP contribution in [0.5, 0.6) is 0 Å². The van der Waals surface area contributed by atoms with Crippen molar-refractivity contribution in [2.45, 2.75) is 42.8 Å². The molecule has 1 aliphatic heterocycles. The van der Waals surface area contributed by atoms with Gasteiger partial charge in [-0.05, 0) is 32.8 Å². The highest BCUT2D eigenvalue weighted by Gasteiger charge is 2.40. The van der Waals surface area contributed by atoms with E-state index in [1.807, 2.05) is 4.90 Å². The van der Waals surface area contributed by atoms with E-state index in [-0.39, 0.29) is 44.4 Å². The van der Waals surface area contributed by atoms with Crippen molar-refractivity contribution in [1.82, 2.24) is 34.7 Å².